The van der Waals surface area contributed by atoms with Crippen LogP contribution in [0.15, 0.2) is 12.1 Å². The van der Waals surface area contributed by atoms with Crippen LogP contribution in [0.4, 0.5) is 9.18 Å². The predicted octanol–water partition coefficient (Wildman–Crippen LogP) is 3.75. The predicted molar refractivity (Wildman–Crippen MR) is 96.3 cm³/mol. The number of hydrogen-bond donors (Lipinski definition) is 2. The van der Waals surface area contributed by atoms with Gasteiger partial charge >= 0.3 is 6.09 Å². The van der Waals surface area contributed by atoms with Crippen molar-refractivity contribution in [1.29, 1.82) is 0 Å². The van der Waals surface area contributed by atoms with Crippen LogP contribution in [0.5, 0.6) is 0 Å². The van der Waals surface area contributed by atoms with E-state index in [0.717, 1.165) is 0 Å². The minimum Gasteiger partial charge on any atom is -0.444 e. The summed E-state index contributed by atoms with van der Waals surface area (Å²) in [6.07, 6.45) is -0.527. The number of ether oxygens (including phenoxy) is 1. The molecule has 5 nitrogen and oxygen atoms in total. The van der Waals surface area contributed by atoms with Crippen molar-refractivity contribution < 1.29 is 18.7 Å². The minimum atomic E-state index is -0.688. The molecular weight excluding hydrogens is 347 g/mol. The lowest BCUT2D eigenvalue weighted by atomic mass is 10.0. The first-order valence-corrected chi connectivity index (χ1v) is 8.40. The molecule has 0 aromatic heterocycles. The Kier molecular flexibility index (Phi) is 6.82. The van der Waals surface area contributed by atoms with E-state index < -0.39 is 23.1 Å². The van der Waals surface area contributed by atoms with E-state index in [1.165, 1.54) is 6.07 Å². The molecule has 2 amide bonds. The molecule has 0 heterocycles. The van der Waals surface area contributed by atoms with Crippen molar-refractivity contribution in [1.82, 2.24) is 10.6 Å². The van der Waals surface area contributed by atoms with Gasteiger partial charge < -0.3 is 15.4 Å². The van der Waals surface area contributed by atoms with E-state index in [0.29, 0.717) is 11.1 Å². The van der Waals surface area contributed by atoms with E-state index in [1.54, 1.807) is 47.6 Å². The zero-order chi connectivity index (χ0) is 19.4. The zero-order valence-electron chi connectivity index (χ0n) is 15.5. The Balaban J connectivity index is 2.60. The summed E-state index contributed by atoms with van der Waals surface area (Å²) in [5, 5.41) is 5.47. The van der Waals surface area contributed by atoms with Gasteiger partial charge in [-0.15, -0.1) is 0 Å². The van der Waals surface area contributed by atoms with Crippen molar-refractivity contribution in [3.05, 3.63) is 34.1 Å². The highest BCUT2D eigenvalue weighted by Gasteiger charge is 2.24. The lowest BCUT2D eigenvalue weighted by Crippen LogP contribution is -2.52. The van der Waals surface area contributed by atoms with Crippen LogP contribution in [-0.4, -0.2) is 29.7 Å². The van der Waals surface area contributed by atoms with Gasteiger partial charge in [-0.05, 0) is 58.7 Å². The third-order valence-electron chi connectivity index (χ3n) is 3.35. The number of hydrogen-bond acceptors (Lipinski definition) is 3. The van der Waals surface area contributed by atoms with Crippen LogP contribution < -0.4 is 10.6 Å². The second-order valence-electron chi connectivity index (χ2n) is 7.61. The quantitative estimate of drug-likeness (QED) is 0.827. The van der Waals surface area contributed by atoms with Crippen LogP contribution in [-0.2, 0) is 16.0 Å². The van der Waals surface area contributed by atoms with Gasteiger partial charge in [0.25, 0.3) is 0 Å². The number of halogens is 2. The molecule has 1 rings (SSSR count). The molecular formula is C18H26ClFN2O3. The minimum absolute atomic E-state index is 0.0236. The Morgan fingerprint density at radius 1 is 1.20 bits per heavy atom. The number of benzene rings is 1. The fourth-order valence-corrected chi connectivity index (χ4v) is 2.33. The van der Waals surface area contributed by atoms with E-state index in [4.69, 9.17) is 16.3 Å². The van der Waals surface area contributed by atoms with Crippen molar-refractivity contribution in [2.45, 2.75) is 59.1 Å². The molecule has 7 heteroatoms. The first-order valence-electron chi connectivity index (χ1n) is 8.02. The van der Waals surface area contributed by atoms with Gasteiger partial charge in [0.1, 0.15) is 11.4 Å². The molecule has 0 fully saturated rings. The maximum absolute atomic E-state index is 13.8. The molecule has 0 aliphatic carbocycles. The smallest absolute Gasteiger partial charge is 0.407 e. The van der Waals surface area contributed by atoms with Crippen molar-refractivity contribution in [2.24, 2.45) is 0 Å². The second-order valence-corrected chi connectivity index (χ2v) is 8.02. The lowest BCUT2D eigenvalue weighted by Gasteiger charge is -2.28. The van der Waals surface area contributed by atoms with Gasteiger partial charge in [0.05, 0.1) is 17.0 Å². The average Bonchev–Trinajstić information content (AvgIpc) is 2.44. The molecule has 2 N–H and O–H groups in total. The molecule has 140 valence electrons. The third kappa shape index (κ3) is 7.30. The van der Waals surface area contributed by atoms with Crippen LogP contribution in [0, 0.1) is 12.7 Å². The Morgan fingerprint density at radius 2 is 1.80 bits per heavy atom. The SMILES string of the molecule is Cc1c(CC(=O)NC(C)(C)CNC(=O)OC(C)(C)C)ccc(Cl)c1F. The fraction of sp³-hybridized carbons (Fsp3) is 0.556. The van der Waals surface area contributed by atoms with Gasteiger partial charge in [0.2, 0.25) is 5.91 Å². The molecule has 0 saturated carbocycles. The molecule has 0 bridgehead atoms. The number of amides is 2. The standard InChI is InChI=1S/C18H26ClFN2O3/c1-11-12(7-8-13(19)15(11)20)9-14(23)22-18(5,6)10-21-16(24)25-17(2,3)4/h7-8H,9-10H2,1-6H3,(H,21,24)(H,22,23). The van der Waals surface area contributed by atoms with Gasteiger partial charge in [-0.1, -0.05) is 17.7 Å². The van der Waals surface area contributed by atoms with E-state index in [2.05, 4.69) is 10.6 Å². The molecule has 0 aliphatic heterocycles. The molecule has 0 unspecified atom stereocenters. The summed E-state index contributed by atoms with van der Waals surface area (Å²) in [6.45, 7) is 10.6. The van der Waals surface area contributed by atoms with Crippen molar-refractivity contribution in [3.8, 4) is 0 Å². The van der Waals surface area contributed by atoms with Gasteiger partial charge in [-0.2, -0.15) is 0 Å². The van der Waals surface area contributed by atoms with Crippen molar-refractivity contribution in [2.75, 3.05) is 6.54 Å². The van der Waals surface area contributed by atoms with Gasteiger partial charge in [0.15, 0.2) is 0 Å². The van der Waals surface area contributed by atoms with Crippen molar-refractivity contribution >= 4 is 23.6 Å². The van der Waals surface area contributed by atoms with E-state index in [1.807, 2.05) is 0 Å². The maximum Gasteiger partial charge on any atom is 0.407 e. The number of carbonyl (C=O) groups is 2. The highest BCUT2D eigenvalue weighted by atomic mass is 35.5. The van der Waals surface area contributed by atoms with Crippen LogP contribution in [0.2, 0.25) is 5.02 Å². The monoisotopic (exact) mass is 372 g/mol. The Bertz CT molecular complexity index is 654. The Labute approximate surface area is 153 Å². The summed E-state index contributed by atoms with van der Waals surface area (Å²) < 4.78 is 19.0. The summed E-state index contributed by atoms with van der Waals surface area (Å²) in [5.41, 5.74) is -0.358. The van der Waals surface area contributed by atoms with Gasteiger partial charge in [0, 0.05) is 6.54 Å². The molecule has 1 aromatic rings. The molecule has 25 heavy (non-hydrogen) atoms. The summed E-state index contributed by atoms with van der Waals surface area (Å²) in [5.74, 6) is -0.793. The van der Waals surface area contributed by atoms with E-state index in [9.17, 15) is 14.0 Å². The fourth-order valence-electron chi connectivity index (χ4n) is 2.13. The van der Waals surface area contributed by atoms with Gasteiger partial charge in [-0.3, -0.25) is 4.79 Å². The van der Waals surface area contributed by atoms with Gasteiger partial charge in [-0.25, -0.2) is 9.18 Å². The molecule has 0 spiro atoms. The highest BCUT2D eigenvalue weighted by molar-refractivity contribution is 6.30. The second kappa shape index (κ2) is 8.04. The molecule has 0 aliphatic rings. The molecule has 0 atom stereocenters. The maximum atomic E-state index is 13.8. The number of nitrogens with one attached hydrogen (secondary N) is 2. The largest absolute Gasteiger partial charge is 0.444 e. The first kappa shape index (κ1) is 21.2. The summed E-state index contributed by atoms with van der Waals surface area (Å²) >= 11 is 5.72. The Hall–Kier alpha value is -1.82. The molecule has 0 radical (unpaired) electrons. The van der Waals surface area contributed by atoms with E-state index in [-0.39, 0.29) is 23.9 Å². The van der Waals surface area contributed by atoms with Crippen LogP contribution in [0.1, 0.15) is 45.7 Å². The normalized spacial score (nSPS) is 11.8. The van der Waals surface area contributed by atoms with Crippen LogP contribution in [0.3, 0.4) is 0 Å². The third-order valence-corrected chi connectivity index (χ3v) is 3.65. The highest BCUT2D eigenvalue weighted by Crippen LogP contribution is 2.21. The Morgan fingerprint density at radius 3 is 2.36 bits per heavy atom. The van der Waals surface area contributed by atoms with E-state index >= 15 is 0 Å². The van der Waals surface area contributed by atoms with Crippen LogP contribution >= 0.6 is 11.6 Å². The van der Waals surface area contributed by atoms with Crippen LogP contribution in [0.25, 0.3) is 0 Å². The first-order chi connectivity index (χ1) is 11.3. The number of rotatable bonds is 5. The summed E-state index contributed by atoms with van der Waals surface area (Å²) in [7, 11) is 0. The topological polar surface area (TPSA) is 67.4 Å². The van der Waals surface area contributed by atoms with Crippen molar-refractivity contribution in [3.63, 3.8) is 0 Å². The molecule has 1 aromatic carbocycles. The summed E-state index contributed by atoms with van der Waals surface area (Å²) in [6, 6.07) is 3.06. The number of alkyl carbamates (subject to hydrolysis) is 1. The lowest BCUT2D eigenvalue weighted by molar-refractivity contribution is -0.122. The average molecular weight is 373 g/mol. The molecule has 0 saturated heterocycles. The summed E-state index contributed by atoms with van der Waals surface area (Å²) in [4.78, 5) is 23.9. The number of carbonyl (C=O) groups excluding carboxylic acids is 2. The zero-order valence-corrected chi connectivity index (χ0v) is 16.3.